The highest BCUT2D eigenvalue weighted by molar-refractivity contribution is 8.76. The lowest BCUT2D eigenvalue weighted by Crippen LogP contribution is -2.61. The summed E-state index contributed by atoms with van der Waals surface area (Å²) in [6.45, 7) is 4.96. The SMILES string of the molecule is CCCCCCCCC[C@@H](NC(=O)[C@H](Cc1ccc(O)cc1)NC(=O)[C@@H]1CSSC[C@H](NC(=O)[C@H](C)NC(=O)[C@H](Cc2cnc[nH]2)NC(=O)[C@@H](N)Cc2ccc(O)cc2)C(=O)N[C@@H](CCCNC(=N)N)C(=O)N[C@@H](C)C(=O)N2CCC[C@@H]2C(=O)NCC[C@H](N)C(=O)N[C@@H](CCCNC(=N)N)C(=O)N[C@@H](Cc2ccc(O)cc2)C(=O)N1)C(=O)N[C@@H](CCCCN)C(=O)N1CCC[C@@H]1C(=O)N1CCC[C@H]1C(=O)O. The zero-order chi connectivity index (χ0) is 103. The monoisotopic (exact) mass is 2010 g/mol. The number of hydrogen-bond acceptors (Lipinski definition) is 27. The second kappa shape index (κ2) is 58.2. The largest absolute Gasteiger partial charge is 0.508 e. The molecule has 15 amide bonds. The topological polar surface area (TPSA) is 739 Å². The number of nitrogens with two attached hydrogens (primary N) is 5. The summed E-state index contributed by atoms with van der Waals surface area (Å²) in [5, 5.41) is 94.5. The number of carbonyl (C=O) groups is 16. The molecule has 46 nitrogen and oxygen atoms in total. The summed E-state index contributed by atoms with van der Waals surface area (Å²) < 4.78 is 0. The van der Waals surface area contributed by atoms with E-state index in [4.69, 9.17) is 39.5 Å². The zero-order valence-electron chi connectivity index (χ0n) is 79.9. The minimum Gasteiger partial charge on any atom is -0.508 e. The van der Waals surface area contributed by atoms with Crippen LogP contribution >= 0.6 is 21.6 Å². The van der Waals surface area contributed by atoms with E-state index in [-0.39, 0.29) is 140 Å². The Labute approximate surface area is 826 Å². The summed E-state index contributed by atoms with van der Waals surface area (Å²) in [5.74, 6) is -16.7. The standard InChI is InChI=1S/C93H140N26O20S2/c1-4-5-6-7-8-9-10-18-64(80(127)111-67(19-11-12-38-94)89(136)118-43-16-23-74(118)90(137)119-44-17-24-75(119)91(138)139)109-83(130)68(46-56-27-33-60(121)34-28-56)114-86(133)72-51-141-140-50-71(115-76(123)53(2)106-82(129)70(48-58-49-101-52-105-58)112-78(125)63(96)45-55-25-31-59(120)32-26-55)85(132)110-65(20-13-39-103-92(97)98)79(126)107-54(3)88(135)117-42-15-22-73(117)87(134)102-41-37-62(95)77(124)108-66(21-14-40-104-93(99)100)81(128)113-69(84(131)116-72)47-57-29-35-61(122)36-30-57/h25-36,49,52-54,62-75,120-122H,4-24,37-48,50-51,94-96H2,1-3H3,(H,101,105)(H,102,134)(H,106,129)(H,107,126)(H,108,124)(H,109,130)(H,110,132)(H,111,127)(H,112,125)(H,113,128)(H,114,133)(H,115,123)(H,116,131)(H,138,139)(H4,97,98,103)(H4,99,100,104)/t53-,54-,62-,63-,64+,65-,66-,67-,68-,69-,70-,71-,72-,73+,74+,75-/m0/s1. The van der Waals surface area contributed by atoms with Crippen LogP contribution in [0.3, 0.4) is 0 Å². The molecule has 4 fully saturated rings. The molecule has 48 heteroatoms. The van der Waals surface area contributed by atoms with Gasteiger partial charge in [-0.3, -0.25) is 82.7 Å². The van der Waals surface area contributed by atoms with E-state index in [1.807, 2.05) is 0 Å². The lowest BCUT2D eigenvalue weighted by Gasteiger charge is -2.33. The molecule has 4 saturated heterocycles. The number of amides is 15. The Morgan fingerprint density at radius 2 is 1.06 bits per heavy atom. The van der Waals surface area contributed by atoms with Crippen LogP contribution in [0.25, 0.3) is 0 Å². The van der Waals surface area contributed by atoms with Gasteiger partial charge in [0.1, 0.15) is 102 Å². The van der Waals surface area contributed by atoms with Crippen molar-refractivity contribution in [3.63, 3.8) is 0 Å². The molecule has 141 heavy (non-hydrogen) atoms. The van der Waals surface area contributed by atoms with Gasteiger partial charge in [-0.2, -0.15) is 0 Å². The van der Waals surface area contributed by atoms with Gasteiger partial charge in [-0.05, 0) is 176 Å². The summed E-state index contributed by atoms with van der Waals surface area (Å²) in [7, 11) is 1.59. The smallest absolute Gasteiger partial charge is 0.326 e. The molecule has 5 heterocycles. The van der Waals surface area contributed by atoms with Crippen LogP contribution in [0.15, 0.2) is 85.3 Å². The van der Waals surface area contributed by atoms with E-state index in [0.717, 1.165) is 53.7 Å². The fraction of sp³-hybridized carbons (Fsp3) is 0.581. The van der Waals surface area contributed by atoms with Gasteiger partial charge in [0.15, 0.2) is 11.9 Å². The number of nitrogens with one attached hydrogen (secondary N) is 17. The van der Waals surface area contributed by atoms with E-state index in [2.05, 4.69) is 91.3 Å². The van der Waals surface area contributed by atoms with Gasteiger partial charge in [0, 0.05) is 81.9 Å². The molecule has 1 aromatic heterocycles. The van der Waals surface area contributed by atoms with Crippen LogP contribution in [-0.2, 0) is 102 Å². The Hall–Kier alpha value is -13.1. The maximum absolute atomic E-state index is 16.0. The number of phenols is 3. The Morgan fingerprint density at radius 3 is 1.67 bits per heavy atom. The summed E-state index contributed by atoms with van der Waals surface area (Å²) in [5.41, 5.74) is 31.7. The second-order valence-corrected chi connectivity index (χ2v) is 38.4. The van der Waals surface area contributed by atoms with Gasteiger partial charge in [-0.25, -0.2) is 9.78 Å². The molecule has 4 aliphatic rings. The highest BCUT2D eigenvalue weighted by Crippen LogP contribution is 2.29. The molecule has 3 aromatic carbocycles. The maximum Gasteiger partial charge on any atom is 0.326 e. The van der Waals surface area contributed by atoms with Gasteiger partial charge in [-0.15, -0.1) is 0 Å². The van der Waals surface area contributed by atoms with Crippen LogP contribution in [0.4, 0.5) is 0 Å². The molecule has 0 radical (unpaired) electrons. The predicted molar refractivity (Wildman–Crippen MR) is 524 cm³/mol. The number of carboxylic acid groups (broad SMARTS) is 1. The summed E-state index contributed by atoms with van der Waals surface area (Å²) in [4.78, 5) is 247. The minimum atomic E-state index is -1.86. The highest BCUT2D eigenvalue weighted by atomic mass is 33.1. The van der Waals surface area contributed by atoms with E-state index >= 15 is 33.6 Å². The Kier molecular flexibility index (Phi) is 46.7. The van der Waals surface area contributed by atoms with Crippen molar-refractivity contribution >= 4 is 128 Å². The molecule has 0 aliphatic carbocycles. The second-order valence-electron chi connectivity index (χ2n) is 35.8. The van der Waals surface area contributed by atoms with Crippen LogP contribution in [-0.4, -0.2) is 306 Å². The number of aliphatic carboxylic acids is 1. The predicted octanol–water partition coefficient (Wildman–Crippen LogP) is -2.42. The fourth-order valence-electron chi connectivity index (χ4n) is 16.8. The van der Waals surface area contributed by atoms with Crippen molar-refractivity contribution in [3.05, 3.63) is 108 Å². The number of H-pyrrole nitrogens is 1. The van der Waals surface area contributed by atoms with E-state index < -0.39 is 228 Å². The third-order valence-corrected chi connectivity index (χ3v) is 27.2. The molecule has 0 spiro atoms. The number of likely N-dealkylation sites (tertiary alicyclic amines) is 2. The number of fused-ring (bicyclic) bond motifs is 1. The molecule has 0 bridgehead atoms. The molecular formula is C93H140N26O20S2. The van der Waals surface area contributed by atoms with Crippen LogP contribution in [0, 0.1) is 10.8 Å². The van der Waals surface area contributed by atoms with Crippen LogP contribution in [0.5, 0.6) is 17.2 Å². The number of unbranched alkanes of at least 4 members (excludes halogenated alkanes) is 7. The Morgan fingerprint density at radius 1 is 0.539 bits per heavy atom. The average Bonchev–Trinajstić information content (AvgIpc) is 1.66. The fourth-order valence-corrected chi connectivity index (χ4v) is 19.2. The highest BCUT2D eigenvalue weighted by Gasteiger charge is 2.46. The van der Waals surface area contributed by atoms with E-state index in [1.165, 1.54) is 102 Å². The number of nitrogens with zero attached hydrogens (tertiary/aromatic N) is 4. The summed E-state index contributed by atoms with van der Waals surface area (Å²) >= 11 is 0. The number of benzene rings is 3. The Balaban J connectivity index is 1.20. The number of carbonyl (C=O) groups excluding carboxylic acids is 15. The first-order valence-electron chi connectivity index (χ1n) is 48.1. The van der Waals surface area contributed by atoms with Crippen LogP contribution in [0.1, 0.15) is 184 Å². The number of carboxylic acids is 1. The van der Waals surface area contributed by atoms with E-state index in [1.54, 1.807) is 12.1 Å². The van der Waals surface area contributed by atoms with Gasteiger partial charge in [0.2, 0.25) is 88.6 Å². The van der Waals surface area contributed by atoms with Crippen LogP contribution in [0.2, 0.25) is 0 Å². The molecule has 31 N–H and O–H groups in total. The summed E-state index contributed by atoms with van der Waals surface area (Å²) in [6, 6.07) is -6.27. The van der Waals surface area contributed by atoms with Gasteiger partial charge in [-0.1, -0.05) is 110 Å². The zero-order valence-corrected chi connectivity index (χ0v) is 81.5. The third-order valence-electron chi connectivity index (χ3n) is 24.8. The molecule has 0 saturated carbocycles. The normalized spacial score (nSPS) is 21.7. The maximum atomic E-state index is 16.0. The lowest BCUT2D eigenvalue weighted by molar-refractivity contribution is -0.152. The first kappa shape index (κ1) is 113. The Bertz CT molecular complexity index is 4880. The first-order valence-corrected chi connectivity index (χ1v) is 50.6. The summed E-state index contributed by atoms with van der Waals surface area (Å²) in [6.07, 6.45) is 9.03. The third kappa shape index (κ3) is 37.1. The number of aromatic nitrogens is 2. The molecule has 8 rings (SSSR count). The number of aromatic hydroxyl groups is 3. The molecule has 774 valence electrons. The van der Waals surface area contributed by atoms with E-state index in [9.17, 15) is 63.6 Å². The first-order chi connectivity index (χ1) is 67.4. The number of guanidine groups is 2. The quantitative estimate of drug-likeness (QED) is 0.00949. The van der Waals surface area contributed by atoms with Crippen molar-refractivity contribution in [1.82, 2.24) is 99.1 Å². The van der Waals surface area contributed by atoms with Crippen LogP contribution < -0.4 is 103 Å². The number of hydrogen-bond donors (Lipinski definition) is 26. The number of rotatable bonds is 43. The van der Waals surface area contributed by atoms with Crippen molar-refractivity contribution in [2.75, 3.05) is 57.3 Å². The number of aromatic amines is 1. The van der Waals surface area contributed by atoms with Crippen molar-refractivity contribution < 1.29 is 97.1 Å². The van der Waals surface area contributed by atoms with Gasteiger partial charge in [0.05, 0.1) is 18.4 Å². The molecule has 4 aliphatic heterocycles. The molecule has 16 atom stereocenters. The lowest BCUT2D eigenvalue weighted by atomic mass is 10.0. The van der Waals surface area contributed by atoms with Gasteiger partial charge < -0.3 is 143 Å². The van der Waals surface area contributed by atoms with Crippen molar-refractivity contribution in [2.24, 2.45) is 28.7 Å². The molecular weight excluding hydrogens is 1870 g/mol. The van der Waals surface area contributed by atoms with Crippen molar-refractivity contribution in [2.45, 2.75) is 284 Å². The van der Waals surface area contributed by atoms with Gasteiger partial charge in [0.25, 0.3) is 0 Å². The van der Waals surface area contributed by atoms with Gasteiger partial charge >= 0.3 is 5.97 Å². The molecule has 4 aromatic rings. The number of phenolic OH excluding ortho intramolecular Hbond substituents is 3. The van der Waals surface area contributed by atoms with Crippen molar-refractivity contribution in [1.29, 1.82) is 10.8 Å². The number of imidazole rings is 1. The average molecular weight is 2010 g/mol. The minimum absolute atomic E-state index is 0.00365. The van der Waals surface area contributed by atoms with E-state index in [0.29, 0.717) is 67.3 Å². The van der Waals surface area contributed by atoms with Crippen molar-refractivity contribution in [3.8, 4) is 17.2 Å². The molecule has 0 unspecified atom stereocenters.